The van der Waals surface area contributed by atoms with Crippen LogP contribution in [0.25, 0.3) is 0 Å². The highest BCUT2D eigenvalue weighted by molar-refractivity contribution is 5.39. The van der Waals surface area contributed by atoms with Crippen molar-refractivity contribution >= 4 is 0 Å². The van der Waals surface area contributed by atoms with Gasteiger partial charge in [-0.15, -0.1) is 0 Å². The molecular formula is C16H19N3O. The Hall–Kier alpha value is -1.94. The minimum atomic E-state index is 0.536. The third-order valence-corrected chi connectivity index (χ3v) is 3.60. The summed E-state index contributed by atoms with van der Waals surface area (Å²) in [6.45, 7) is 4.90. The fraction of sp³-hybridized carbons (Fsp3) is 0.375. The SMILES string of the molecule is Cc1cccc(Oc2cnc(CNC3CC3)cn2)c1C. The number of benzene rings is 1. The molecule has 1 heterocycles. The minimum Gasteiger partial charge on any atom is -0.437 e. The fourth-order valence-electron chi connectivity index (χ4n) is 1.97. The van der Waals surface area contributed by atoms with Crippen LogP contribution in [0.3, 0.4) is 0 Å². The second-order valence-corrected chi connectivity index (χ2v) is 5.30. The zero-order valence-corrected chi connectivity index (χ0v) is 11.9. The molecule has 1 saturated carbocycles. The van der Waals surface area contributed by atoms with Gasteiger partial charge >= 0.3 is 0 Å². The van der Waals surface area contributed by atoms with Gasteiger partial charge in [0.05, 0.1) is 18.1 Å². The third kappa shape index (κ3) is 3.14. The van der Waals surface area contributed by atoms with Gasteiger partial charge in [-0.25, -0.2) is 4.98 Å². The van der Waals surface area contributed by atoms with Crippen LogP contribution in [0.4, 0.5) is 0 Å². The van der Waals surface area contributed by atoms with Crippen LogP contribution in [-0.4, -0.2) is 16.0 Å². The number of hydrogen-bond donors (Lipinski definition) is 1. The molecule has 20 heavy (non-hydrogen) atoms. The Morgan fingerprint density at radius 1 is 1.20 bits per heavy atom. The molecule has 1 aliphatic rings. The average molecular weight is 269 g/mol. The predicted molar refractivity (Wildman–Crippen MR) is 77.9 cm³/mol. The van der Waals surface area contributed by atoms with Crippen molar-refractivity contribution in [2.24, 2.45) is 0 Å². The first-order valence-corrected chi connectivity index (χ1v) is 7.01. The number of hydrogen-bond acceptors (Lipinski definition) is 4. The van der Waals surface area contributed by atoms with Crippen molar-refractivity contribution < 1.29 is 4.74 Å². The Morgan fingerprint density at radius 2 is 2.05 bits per heavy atom. The number of ether oxygens (including phenoxy) is 1. The van der Waals surface area contributed by atoms with Crippen molar-refractivity contribution in [2.45, 2.75) is 39.3 Å². The topological polar surface area (TPSA) is 47.0 Å². The van der Waals surface area contributed by atoms with Gasteiger partial charge in [-0.2, -0.15) is 0 Å². The third-order valence-electron chi connectivity index (χ3n) is 3.60. The van der Waals surface area contributed by atoms with Crippen molar-refractivity contribution in [3.05, 3.63) is 47.4 Å². The van der Waals surface area contributed by atoms with Gasteiger partial charge in [0.25, 0.3) is 0 Å². The molecule has 0 bridgehead atoms. The summed E-state index contributed by atoms with van der Waals surface area (Å²) in [5, 5.41) is 3.42. The maximum atomic E-state index is 5.79. The molecular weight excluding hydrogens is 250 g/mol. The summed E-state index contributed by atoms with van der Waals surface area (Å²) in [5.41, 5.74) is 3.29. The van der Waals surface area contributed by atoms with Gasteiger partial charge in [0.2, 0.25) is 5.88 Å². The first-order chi connectivity index (χ1) is 9.72. The summed E-state index contributed by atoms with van der Waals surface area (Å²) in [7, 11) is 0. The van der Waals surface area contributed by atoms with Gasteiger partial charge in [-0.1, -0.05) is 12.1 Å². The number of rotatable bonds is 5. The zero-order chi connectivity index (χ0) is 13.9. The van der Waals surface area contributed by atoms with Crippen molar-refractivity contribution in [3.8, 4) is 11.6 Å². The standard InChI is InChI=1S/C16H19N3O/c1-11-4-3-5-15(12(11)2)20-16-10-18-14(9-19-16)8-17-13-6-7-13/h3-5,9-10,13,17H,6-8H2,1-2H3. The van der Waals surface area contributed by atoms with Crippen LogP contribution in [0.1, 0.15) is 29.7 Å². The van der Waals surface area contributed by atoms with Crippen LogP contribution < -0.4 is 10.1 Å². The maximum absolute atomic E-state index is 5.79. The molecule has 1 fully saturated rings. The van der Waals surface area contributed by atoms with Crippen molar-refractivity contribution in [3.63, 3.8) is 0 Å². The molecule has 0 saturated heterocycles. The van der Waals surface area contributed by atoms with E-state index >= 15 is 0 Å². The van der Waals surface area contributed by atoms with Gasteiger partial charge in [-0.3, -0.25) is 4.98 Å². The lowest BCUT2D eigenvalue weighted by Gasteiger charge is -2.09. The van der Waals surface area contributed by atoms with Gasteiger partial charge in [0, 0.05) is 12.6 Å². The summed E-state index contributed by atoms with van der Waals surface area (Å²) < 4.78 is 5.79. The molecule has 0 unspecified atom stereocenters. The fourth-order valence-corrected chi connectivity index (χ4v) is 1.97. The highest BCUT2D eigenvalue weighted by Crippen LogP contribution is 2.25. The molecule has 4 nitrogen and oxygen atoms in total. The van der Waals surface area contributed by atoms with Crippen LogP contribution >= 0.6 is 0 Å². The van der Waals surface area contributed by atoms with Gasteiger partial charge in [0.15, 0.2) is 0 Å². The van der Waals surface area contributed by atoms with Crippen LogP contribution in [-0.2, 0) is 6.54 Å². The summed E-state index contributed by atoms with van der Waals surface area (Å²) in [5.74, 6) is 1.37. The summed E-state index contributed by atoms with van der Waals surface area (Å²) in [6, 6.07) is 6.69. The number of nitrogens with one attached hydrogen (secondary N) is 1. The number of aromatic nitrogens is 2. The van der Waals surface area contributed by atoms with Gasteiger partial charge in [0.1, 0.15) is 5.75 Å². The zero-order valence-electron chi connectivity index (χ0n) is 11.9. The second-order valence-electron chi connectivity index (χ2n) is 5.30. The number of nitrogens with zero attached hydrogens (tertiary/aromatic N) is 2. The molecule has 0 aliphatic heterocycles. The Morgan fingerprint density at radius 3 is 2.75 bits per heavy atom. The molecule has 1 N–H and O–H groups in total. The minimum absolute atomic E-state index is 0.536. The van der Waals surface area contributed by atoms with E-state index in [2.05, 4.69) is 28.3 Å². The van der Waals surface area contributed by atoms with Crippen LogP contribution in [0, 0.1) is 13.8 Å². The first-order valence-electron chi connectivity index (χ1n) is 7.01. The molecule has 0 spiro atoms. The van der Waals surface area contributed by atoms with E-state index in [1.54, 1.807) is 12.4 Å². The summed E-state index contributed by atoms with van der Waals surface area (Å²) >= 11 is 0. The molecule has 3 rings (SSSR count). The van der Waals surface area contributed by atoms with Crippen LogP contribution in [0.2, 0.25) is 0 Å². The van der Waals surface area contributed by atoms with Crippen molar-refractivity contribution in [1.82, 2.24) is 15.3 Å². The molecule has 2 aromatic rings. The Balaban J connectivity index is 1.66. The monoisotopic (exact) mass is 269 g/mol. The van der Waals surface area contributed by atoms with Crippen LogP contribution in [0.5, 0.6) is 11.6 Å². The van der Waals surface area contributed by atoms with E-state index in [0.717, 1.165) is 23.6 Å². The lowest BCUT2D eigenvalue weighted by Crippen LogP contribution is -2.16. The normalized spacial score (nSPS) is 14.3. The van der Waals surface area contributed by atoms with E-state index in [4.69, 9.17) is 4.74 Å². The van der Waals surface area contributed by atoms with E-state index in [0.29, 0.717) is 11.9 Å². The number of aryl methyl sites for hydroxylation is 1. The maximum Gasteiger partial charge on any atom is 0.237 e. The molecule has 104 valence electrons. The quantitative estimate of drug-likeness (QED) is 0.906. The van der Waals surface area contributed by atoms with Crippen molar-refractivity contribution in [2.75, 3.05) is 0 Å². The predicted octanol–water partition coefficient (Wildman–Crippen LogP) is 3.14. The lowest BCUT2D eigenvalue weighted by molar-refractivity contribution is 0.455. The summed E-state index contributed by atoms with van der Waals surface area (Å²) in [6.07, 6.45) is 6.02. The lowest BCUT2D eigenvalue weighted by atomic mass is 10.1. The molecule has 0 radical (unpaired) electrons. The molecule has 1 aromatic heterocycles. The van der Waals surface area contributed by atoms with E-state index < -0.39 is 0 Å². The molecule has 0 atom stereocenters. The van der Waals surface area contributed by atoms with Gasteiger partial charge in [-0.05, 0) is 43.9 Å². The van der Waals surface area contributed by atoms with Crippen molar-refractivity contribution in [1.29, 1.82) is 0 Å². The Kier molecular flexibility index (Phi) is 3.65. The van der Waals surface area contributed by atoms with Crippen LogP contribution in [0.15, 0.2) is 30.6 Å². The Bertz CT molecular complexity index is 591. The van der Waals surface area contributed by atoms with E-state index in [1.165, 1.54) is 18.4 Å². The van der Waals surface area contributed by atoms with E-state index in [9.17, 15) is 0 Å². The largest absolute Gasteiger partial charge is 0.437 e. The van der Waals surface area contributed by atoms with E-state index in [-0.39, 0.29) is 0 Å². The van der Waals surface area contributed by atoms with E-state index in [1.807, 2.05) is 19.1 Å². The highest BCUT2D eigenvalue weighted by Gasteiger charge is 2.20. The molecule has 1 aliphatic carbocycles. The van der Waals surface area contributed by atoms with Gasteiger partial charge < -0.3 is 10.1 Å². The average Bonchev–Trinajstić information content (AvgIpc) is 3.27. The molecule has 1 aromatic carbocycles. The highest BCUT2D eigenvalue weighted by atomic mass is 16.5. The summed E-state index contributed by atoms with van der Waals surface area (Å²) in [4.78, 5) is 8.70. The Labute approximate surface area is 119 Å². The molecule has 0 amide bonds. The smallest absolute Gasteiger partial charge is 0.237 e. The first kappa shape index (κ1) is 13.1. The second kappa shape index (κ2) is 5.59. The molecule has 4 heteroatoms.